The van der Waals surface area contributed by atoms with Crippen LogP contribution in [0.15, 0.2) is 60.7 Å². The first-order chi connectivity index (χ1) is 13.0. The summed E-state index contributed by atoms with van der Waals surface area (Å²) in [5.74, 6) is -0.988. The zero-order valence-corrected chi connectivity index (χ0v) is 14.6. The molecule has 0 bridgehead atoms. The molecule has 5 nitrogen and oxygen atoms in total. The molecule has 0 atom stereocenters. The Balaban J connectivity index is 1.78. The van der Waals surface area contributed by atoms with Crippen molar-refractivity contribution in [2.45, 2.75) is 6.92 Å². The maximum absolute atomic E-state index is 13.0. The van der Waals surface area contributed by atoms with Gasteiger partial charge in [0, 0.05) is 22.4 Å². The second-order valence-electron chi connectivity index (χ2n) is 6.48. The van der Waals surface area contributed by atoms with Gasteiger partial charge in [-0.05, 0) is 31.2 Å². The highest BCUT2D eigenvalue weighted by Gasteiger charge is 2.33. The average molecular weight is 356 g/mol. The van der Waals surface area contributed by atoms with Crippen LogP contribution >= 0.6 is 0 Å². The molecule has 3 N–H and O–H groups in total. The van der Waals surface area contributed by atoms with Crippen molar-refractivity contribution in [2.24, 2.45) is 0 Å². The van der Waals surface area contributed by atoms with E-state index in [0.29, 0.717) is 11.3 Å². The zero-order valence-electron chi connectivity index (χ0n) is 14.6. The average Bonchev–Trinajstić information content (AvgIpc) is 2.66. The molecule has 0 spiro atoms. The third-order valence-corrected chi connectivity index (χ3v) is 4.67. The predicted molar refractivity (Wildman–Crippen MR) is 103 cm³/mol. The third-order valence-electron chi connectivity index (χ3n) is 4.67. The molecule has 0 unspecified atom stereocenters. The Morgan fingerprint density at radius 2 is 1.41 bits per heavy atom. The molecule has 0 radical (unpaired) electrons. The lowest BCUT2D eigenvalue weighted by Gasteiger charge is -2.21. The van der Waals surface area contributed by atoms with E-state index in [4.69, 9.17) is 5.73 Å². The van der Waals surface area contributed by atoms with Crippen molar-refractivity contribution in [3.05, 3.63) is 94.0 Å². The van der Waals surface area contributed by atoms with Crippen LogP contribution in [-0.2, 0) is 0 Å². The minimum Gasteiger partial charge on any atom is -0.398 e. The first kappa shape index (κ1) is 16.7. The lowest BCUT2D eigenvalue weighted by molar-refractivity contribution is 0.0979. The molecule has 3 aromatic rings. The number of hydrogen-bond donors (Lipinski definition) is 2. The van der Waals surface area contributed by atoms with E-state index in [1.165, 1.54) is 0 Å². The standard InChI is InChI=1S/C22H16N2O3/c1-12-8-10-13(11-9-12)22(27)24-17-7-3-5-15-19(17)21(26)14-4-2-6-16(23)18(14)20(15)25/h2-11H,23H2,1H3,(H,24,27). The molecule has 5 heteroatoms. The van der Waals surface area contributed by atoms with Gasteiger partial charge in [0.2, 0.25) is 0 Å². The number of nitrogens with one attached hydrogen (secondary N) is 1. The van der Waals surface area contributed by atoms with Gasteiger partial charge >= 0.3 is 0 Å². The Hall–Kier alpha value is -3.73. The topological polar surface area (TPSA) is 89.3 Å². The molecule has 0 heterocycles. The van der Waals surface area contributed by atoms with Crippen LogP contribution in [-0.4, -0.2) is 17.5 Å². The van der Waals surface area contributed by atoms with Crippen molar-refractivity contribution in [3.8, 4) is 0 Å². The Morgan fingerprint density at radius 1 is 0.815 bits per heavy atom. The maximum atomic E-state index is 13.0. The van der Waals surface area contributed by atoms with Crippen LogP contribution in [0.4, 0.5) is 11.4 Å². The van der Waals surface area contributed by atoms with Crippen molar-refractivity contribution in [3.63, 3.8) is 0 Å². The van der Waals surface area contributed by atoms with Crippen molar-refractivity contribution in [2.75, 3.05) is 11.1 Å². The van der Waals surface area contributed by atoms with Gasteiger partial charge in [0.1, 0.15) is 0 Å². The Labute approximate surface area is 155 Å². The fraction of sp³-hybridized carbons (Fsp3) is 0.0455. The van der Waals surface area contributed by atoms with E-state index in [0.717, 1.165) is 5.56 Å². The number of carbonyl (C=O) groups excluding carboxylic acids is 3. The van der Waals surface area contributed by atoms with Gasteiger partial charge in [0.15, 0.2) is 11.6 Å². The van der Waals surface area contributed by atoms with E-state index >= 15 is 0 Å². The van der Waals surface area contributed by atoms with E-state index in [1.807, 2.05) is 19.1 Å². The molecule has 27 heavy (non-hydrogen) atoms. The number of carbonyl (C=O) groups is 3. The second kappa shape index (κ2) is 6.21. The van der Waals surface area contributed by atoms with Gasteiger partial charge in [0.05, 0.1) is 16.8 Å². The number of ketones is 2. The normalized spacial score (nSPS) is 12.3. The van der Waals surface area contributed by atoms with E-state index in [-0.39, 0.29) is 45.4 Å². The number of fused-ring (bicyclic) bond motifs is 2. The minimum absolute atomic E-state index is 0.195. The second-order valence-corrected chi connectivity index (χ2v) is 6.48. The van der Waals surface area contributed by atoms with Gasteiger partial charge in [-0.3, -0.25) is 14.4 Å². The summed E-state index contributed by atoms with van der Waals surface area (Å²) < 4.78 is 0. The largest absolute Gasteiger partial charge is 0.398 e. The zero-order chi connectivity index (χ0) is 19.1. The highest BCUT2D eigenvalue weighted by molar-refractivity contribution is 6.32. The summed E-state index contributed by atoms with van der Waals surface area (Å²) in [7, 11) is 0. The quantitative estimate of drug-likeness (QED) is 0.537. The fourth-order valence-corrected chi connectivity index (χ4v) is 3.27. The molecular weight excluding hydrogens is 340 g/mol. The molecule has 3 aromatic carbocycles. The molecule has 0 fully saturated rings. The van der Waals surface area contributed by atoms with Crippen LogP contribution in [0.5, 0.6) is 0 Å². The first-order valence-corrected chi connectivity index (χ1v) is 8.46. The van der Waals surface area contributed by atoms with Crippen LogP contribution in [0.2, 0.25) is 0 Å². The van der Waals surface area contributed by atoms with E-state index in [2.05, 4.69) is 5.32 Å². The van der Waals surface area contributed by atoms with Gasteiger partial charge < -0.3 is 11.1 Å². The van der Waals surface area contributed by atoms with Gasteiger partial charge in [-0.15, -0.1) is 0 Å². The van der Waals surface area contributed by atoms with Crippen LogP contribution in [0.25, 0.3) is 0 Å². The predicted octanol–water partition coefficient (Wildman–Crippen LogP) is 3.60. The number of rotatable bonds is 2. The minimum atomic E-state index is -0.345. The highest BCUT2D eigenvalue weighted by atomic mass is 16.2. The molecule has 0 saturated carbocycles. The molecule has 4 rings (SSSR count). The lowest BCUT2D eigenvalue weighted by Crippen LogP contribution is -2.25. The molecule has 0 aromatic heterocycles. The molecule has 1 aliphatic rings. The Bertz CT molecular complexity index is 1110. The molecule has 1 aliphatic carbocycles. The van der Waals surface area contributed by atoms with Gasteiger partial charge in [-0.25, -0.2) is 0 Å². The summed E-state index contributed by atoms with van der Waals surface area (Å²) in [5, 5.41) is 2.76. The Kier molecular flexibility index (Phi) is 3.85. The molecule has 1 amide bonds. The number of nitrogen functional groups attached to an aromatic ring is 1. The number of anilines is 2. The molecule has 132 valence electrons. The number of hydrogen-bond acceptors (Lipinski definition) is 4. The number of benzene rings is 3. The van der Waals surface area contributed by atoms with Crippen LogP contribution in [0.1, 0.15) is 47.8 Å². The smallest absolute Gasteiger partial charge is 0.255 e. The Morgan fingerprint density at radius 3 is 2.11 bits per heavy atom. The number of nitrogens with two attached hydrogens (primary N) is 1. The lowest BCUT2D eigenvalue weighted by atomic mass is 9.82. The van der Waals surface area contributed by atoms with E-state index < -0.39 is 0 Å². The summed E-state index contributed by atoms with van der Waals surface area (Å²) in [6.07, 6.45) is 0. The summed E-state index contributed by atoms with van der Waals surface area (Å²) in [5.41, 5.74) is 8.92. The summed E-state index contributed by atoms with van der Waals surface area (Å²) in [4.78, 5) is 38.5. The fourth-order valence-electron chi connectivity index (χ4n) is 3.27. The molecule has 0 aliphatic heterocycles. The van der Waals surface area contributed by atoms with Crippen LogP contribution in [0, 0.1) is 6.92 Å². The highest BCUT2D eigenvalue weighted by Crippen LogP contribution is 2.34. The molecule has 0 saturated heterocycles. The van der Waals surface area contributed by atoms with Crippen molar-refractivity contribution in [1.82, 2.24) is 0 Å². The maximum Gasteiger partial charge on any atom is 0.255 e. The summed E-state index contributed by atoms with van der Waals surface area (Å²) >= 11 is 0. The molecular formula is C22H16N2O3. The third kappa shape index (κ3) is 2.69. The van der Waals surface area contributed by atoms with Crippen LogP contribution < -0.4 is 11.1 Å². The number of amides is 1. The first-order valence-electron chi connectivity index (χ1n) is 8.46. The SMILES string of the molecule is Cc1ccc(C(=O)Nc2cccc3c2C(=O)c2cccc(N)c2C3=O)cc1. The van der Waals surface area contributed by atoms with Gasteiger partial charge in [0.25, 0.3) is 5.91 Å². The van der Waals surface area contributed by atoms with E-state index in [1.54, 1.807) is 48.5 Å². The van der Waals surface area contributed by atoms with Crippen LogP contribution in [0.3, 0.4) is 0 Å². The summed E-state index contributed by atoms with van der Waals surface area (Å²) in [6.45, 7) is 1.93. The van der Waals surface area contributed by atoms with Gasteiger partial charge in [-0.2, -0.15) is 0 Å². The van der Waals surface area contributed by atoms with E-state index in [9.17, 15) is 14.4 Å². The number of aryl methyl sites for hydroxylation is 1. The van der Waals surface area contributed by atoms with Crippen molar-refractivity contribution in [1.29, 1.82) is 0 Å². The summed E-state index contributed by atoms with van der Waals surface area (Å²) in [6, 6.07) is 16.7. The van der Waals surface area contributed by atoms with Gasteiger partial charge in [-0.1, -0.05) is 42.0 Å². The van der Waals surface area contributed by atoms with Crippen molar-refractivity contribution < 1.29 is 14.4 Å². The monoisotopic (exact) mass is 356 g/mol. The van der Waals surface area contributed by atoms with Crippen molar-refractivity contribution >= 4 is 28.8 Å².